The van der Waals surface area contributed by atoms with Crippen molar-refractivity contribution in [3.05, 3.63) is 15.9 Å². The zero-order valence-electron chi connectivity index (χ0n) is 12.7. The number of aromatic nitrogens is 2. The largest absolute Gasteiger partial charge is 0.436 e. The second-order valence-electron chi connectivity index (χ2n) is 5.35. The van der Waals surface area contributed by atoms with Crippen LogP contribution >= 0.6 is 28.1 Å². The Hall–Kier alpha value is -0.830. The standard InChI is InChI=1S/C13H20BrF3N4S/c1-8(2)7-19-12(22)18-5-4-6-21-9(3)10(14)11(20-21)13(15,16)17/h8H,4-7H2,1-3H3,(H2,18,19,22). The van der Waals surface area contributed by atoms with Crippen LogP contribution < -0.4 is 10.6 Å². The van der Waals surface area contributed by atoms with Gasteiger partial charge in [-0.25, -0.2) is 0 Å². The molecule has 0 aromatic carbocycles. The molecule has 2 N–H and O–H groups in total. The second-order valence-corrected chi connectivity index (χ2v) is 6.55. The summed E-state index contributed by atoms with van der Waals surface area (Å²) in [5, 5.41) is 10.3. The second kappa shape index (κ2) is 8.14. The van der Waals surface area contributed by atoms with Gasteiger partial charge in [0.25, 0.3) is 0 Å². The van der Waals surface area contributed by atoms with Crippen LogP contribution in [0.4, 0.5) is 13.2 Å². The van der Waals surface area contributed by atoms with Gasteiger partial charge in [0.05, 0.1) is 10.2 Å². The topological polar surface area (TPSA) is 41.9 Å². The Morgan fingerprint density at radius 2 is 2.00 bits per heavy atom. The van der Waals surface area contributed by atoms with Crippen LogP contribution in [-0.4, -0.2) is 28.0 Å². The van der Waals surface area contributed by atoms with Crippen LogP contribution in [0.5, 0.6) is 0 Å². The maximum Gasteiger partial charge on any atom is 0.436 e. The van der Waals surface area contributed by atoms with E-state index in [0.717, 1.165) is 6.54 Å². The minimum absolute atomic E-state index is 0.00193. The average Bonchev–Trinajstić information content (AvgIpc) is 2.69. The number of hydrogen-bond acceptors (Lipinski definition) is 2. The smallest absolute Gasteiger partial charge is 0.363 e. The summed E-state index contributed by atoms with van der Waals surface area (Å²) in [6.07, 6.45) is -3.83. The number of hydrogen-bond donors (Lipinski definition) is 2. The van der Waals surface area contributed by atoms with Crippen molar-refractivity contribution in [3.8, 4) is 0 Å². The molecule has 0 aliphatic rings. The first-order valence-electron chi connectivity index (χ1n) is 6.94. The molecule has 0 amide bonds. The van der Waals surface area contributed by atoms with Gasteiger partial charge in [-0.3, -0.25) is 4.68 Å². The molecule has 4 nitrogen and oxygen atoms in total. The van der Waals surface area contributed by atoms with Crippen molar-refractivity contribution in [1.29, 1.82) is 0 Å². The molecule has 22 heavy (non-hydrogen) atoms. The Balaban J connectivity index is 2.45. The number of thiocarbonyl (C=S) groups is 1. The summed E-state index contributed by atoms with van der Waals surface area (Å²) in [5.41, 5.74) is -0.417. The molecule has 0 fully saturated rings. The number of alkyl halides is 3. The first kappa shape index (κ1) is 19.2. The average molecular weight is 401 g/mol. The molecule has 0 aliphatic heterocycles. The van der Waals surface area contributed by atoms with Crippen molar-refractivity contribution in [1.82, 2.24) is 20.4 Å². The molecule has 1 aromatic rings. The summed E-state index contributed by atoms with van der Waals surface area (Å²) in [6.45, 7) is 7.50. The van der Waals surface area contributed by atoms with E-state index in [1.165, 1.54) is 4.68 Å². The van der Waals surface area contributed by atoms with Gasteiger partial charge in [-0.1, -0.05) is 13.8 Å². The number of rotatable bonds is 6. The van der Waals surface area contributed by atoms with Crippen molar-refractivity contribution in [3.63, 3.8) is 0 Å². The summed E-state index contributed by atoms with van der Waals surface area (Å²) < 4.78 is 39.6. The molecule has 0 atom stereocenters. The Bertz CT molecular complexity index is 514. The maximum absolute atomic E-state index is 12.7. The van der Waals surface area contributed by atoms with Gasteiger partial charge in [0.15, 0.2) is 10.8 Å². The third kappa shape index (κ3) is 5.75. The summed E-state index contributed by atoms with van der Waals surface area (Å²) in [7, 11) is 0. The normalized spacial score (nSPS) is 11.8. The first-order chi connectivity index (χ1) is 10.1. The van der Waals surface area contributed by atoms with E-state index in [4.69, 9.17) is 12.2 Å². The van der Waals surface area contributed by atoms with Crippen LogP contribution in [0.3, 0.4) is 0 Å². The van der Waals surface area contributed by atoms with Gasteiger partial charge in [0.1, 0.15) is 0 Å². The third-order valence-corrected chi connectivity index (χ3v) is 4.14. The Morgan fingerprint density at radius 1 is 1.36 bits per heavy atom. The van der Waals surface area contributed by atoms with Crippen LogP contribution in [0.15, 0.2) is 4.47 Å². The number of nitrogens with zero attached hydrogens (tertiary/aromatic N) is 2. The predicted molar refractivity (Wildman–Crippen MR) is 87.7 cm³/mol. The van der Waals surface area contributed by atoms with E-state index in [1.807, 2.05) is 0 Å². The van der Waals surface area contributed by atoms with Gasteiger partial charge in [0, 0.05) is 19.6 Å². The van der Waals surface area contributed by atoms with Crippen LogP contribution in [0.1, 0.15) is 31.7 Å². The molecule has 1 rings (SSSR count). The Kier molecular flexibility index (Phi) is 7.11. The summed E-state index contributed by atoms with van der Waals surface area (Å²) in [5.74, 6) is 0.490. The van der Waals surface area contributed by atoms with Crippen molar-refractivity contribution >= 4 is 33.3 Å². The summed E-state index contributed by atoms with van der Waals surface area (Å²) in [6, 6.07) is 0. The highest BCUT2D eigenvalue weighted by Gasteiger charge is 2.37. The zero-order valence-corrected chi connectivity index (χ0v) is 15.1. The van der Waals surface area contributed by atoms with Crippen LogP contribution in [-0.2, 0) is 12.7 Å². The molecule has 126 valence electrons. The molecule has 1 heterocycles. The Labute approximate surface area is 142 Å². The molecule has 0 saturated carbocycles. The summed E-state index contributed by atoms with van der Waals surface area (Å²) in [4.78, 5) is 0. The van der Waals surface area contributed by atoms with Crippen molar-refractivity contribution in [2.45, 2.75) is 39.9 Å². The molecule has 0 radical (unpaired) electrons. The molecule has 0 aliphatic carbocycles. The molecule has 0 spiro atoms. The van der Waals surface area contributed by atoms with E-state index >= 15 is 0 Å². The Morgan fingerprint density at radius 3 is 2.50 bits per heavy atom. The van der Waals surface area contributed by atoms with Gasteiger partial charge < -0.3 is 10.6 Å². The monoisotopic (exact) mass is 400 g/mol. The van der Waals surface area contributed by atoms with E-state index in [1.54, 1.807) is 6.92 Å². The van der Waals surface area contributed by atoms with E-state index in [9.17, 15) is 13.2 Å². The van der Waals surface area contributed by atoms with Crippen LogP contribution in [0.2, 0.25) is 0 Å². The molecular weight excluding hydrogens is 381 g/mol. The molecule has 0 bridgehead atoms. The van der Waals surface area contributed by atoms with Gasteiger partial charge in [-0.2, -0.15) is 18.3 Å². The zero-order chi connectivity index (χ0) is 16.9. The molecule has 9 heteroatoms. The van der Waals surface area contributed by atoms with Gasteiger partial charge in [0.2, 0.25) is 0 Å². The fraction of sp³-hybridized carbons (Fsp3) is 0.692. The lowest BCUT2D eigenvalue weighted by Crippen LogP contribution is -2.37. The van der Waals surface area contributed by atoms with Gasteiger partial charge >= 0.3 is 6.18 Å². The van der Waals surface area contributed by atoms with E-state index in [2.05, 4.69) is 45.5 Å². The highest BCUT2D eigenvalue weighted by Crippen LogP contribution is 2.35. The van der Waals surface area contributed by atoms with Crippen molar-refractivity contribution in [2.24, 2.45) is 5.92 Å². The molecule has 0 saturated heterocycles. The fourth-order valence-corrected chi connectivity index (χ4v) is 2.41. The van der Waals surface area contributed by atoms with Crippen LogP contribution in [0, 0.1) is 12.8 Å². The SMILES string of the molecule is Cc1c(Br)c(C(F)(F)F)nn1CCCNC(=S)NCC(C)C. The predicted octanol–water partition coefficient (Wildman–Crippen LogP) is 3.48. The maximum atomic E-state index is 12.7. The lowest BCUT2D eigenvalue weighted by Gasteiger charge is -2.12. The lowest BCUT2D eigenvalue weighted by atomic mass is 10.2. The van der Waals surface area contributed by atoms with Gasteiger partial charge in [-0.05, 0) is 47.4 Å². The quantitative estimate of drug-likeness (QED) is 0.566. The summed E-state index contributed by atoms with van der Waals surface area (Å²) >= 11 is 8.05. The number of halogens is 4. The van der Waals surface area contributed by atoms with Crippen LogP contribution in [0.25, 0.3) is 0 Å². The highest BCUT2D eigenvalue weighted by molar-refractivity contribution is 9.10. The minimum Gasteiger partial charge on any atom is -0.363 e. The van der Waals surface area contributed by atoms with E-state index in [0.29, 0.717) is 36.2 Å². The van der Waals surface area contributed by atoms with Crippen molar-refractivity contribution in [2.75, 3.05) is 13.1 Å². The van der Waals surface area contributed by atoms with E-state index in [-0.39, 0.29) is 4.47 Å². The third-order valence-electron chi connectivity index (χ3n) is 2.91. The highest BCUT2D eigenvalue weighted by atomic mass is 79.9. The fourth-order valence-electron chi connectivity index (χ4n) is 1.71. The number of nitrogens with one attached hydrogen (secondary N) is 2. The first-order valence-corrected chi connectivity index (χ1v) is 8.14. The molecule has 1 aromatic heterocycles. The minimum atomic E-state index is -4.45. The lowest BCUT2D eigenvalue weighted by molar-refractivity contribution is -0.142. The molecular formula is C13H20BrF3N4S. The van der Waals surface area contributed by atoms with Crippen molar-refractivity contribution < 1.29 is 13.2 Å². The van der Waals surface area contributed by atoms with E-state index < -0.39 is 11.9 Å². The van der Waals surface area contributed by atoms with Gasteiger partial charge in [-0.15, -0.1) is 0 Å². The molecule has 0 unspecified atom stereocenters. The number of aryl methyl sites for hydroxylation is 1.